The summed E-state index contributed by atoms with van der Waals surface area (Å²) < 4.78 is 18.5. The molecule has 0 atom stereocenters. The van der Waals surface area contributed by atoms with Gasteiger partial charge in [-0.1, -0.05) is 29.8 Å². The van der Waals surface area contributed by atoms with Crippen molar-refractivity contribution in [3.05, 3.63) is 63.9 Å². The van der Waals surface area contributed by atoms with Crippen LogP contribution in [0.15, 0.2) is 36.4 Å². The minimum absolute atomic E-state index is 0.0547. The predicted molar refractivity (Wildman–Crippen MR) is 90.6 cm³/mol. The zero-order valence-corrected chi connectivity index (χ0v) is 14.1. The molecule has 1 amide bonds. The predicted octanol–water partition coefficient (Wildman–Crippen LogP) is 3.82. The summed E-state index contributed by atoms with van der Waals surface area (Å²) >= 11 is 5.85. The Bertz CT molecular complexity index is 757. The number of halogens is 2. The fraction of sp³-hybridized carbons (Fsp3) is 0.222. The third kappa shape index (κ3) is 4.55. The molecule has 2 aromatic rings. The van der Waals surface area contributed by atoms with Gasteiger partial charge >= 0.3 is 5.97 Å². The zero-order valence-electron chi connectivity index (χ0n) is 13.4. The summed E-state index contributed by atoms with van der Waals surface area (Å²) in [5.41, 5.74) is 2.70. The van der Waals surface area contributed by atoms with E-state index in [1.807, 2.05) is 26.0 Å². The molecule has 0 spiro atoms. The van der Waals surface area contributed by atoms with Crippen LogP contribution in [0.4, 0.5) is 10.1 Å². The normalized spacial score (nSPS) is 10.3. The van der Waals surface area contributed by atoms with Crippen molar-refractivity contribution in [3.63, 3.8) is 0 Å². The van der Waals surface area contributed by atoms with Gasteiger partial charge in [-0.2, -0.15) is 0 Å². The SMILES string of the molecule is Cc1cccc(NC(=O)COC(=O)Cc2c(F)cccc2Cl)c1C. The number of anilines is 1. The van der Waals surface area contributed by atoms with Crippen LogP contribution in [0.5, 0.6) is 0 Å². The molecule has 0 fully saturated rings. The van der Waals surface area contributed by atoms with Gasteiger partial charge in [0.25, 0.3) is 5.91 Å². The average Bonchev–Trinajstić information content (AvgIpc) is 2.53. The number of esters is 1. The summed E-state index contributed by atoms with van der Waals surface area (Å²) in [4.78, 5) is 23.6. The second-order valence-electron chi connectivity index (χ2n) is 5.33. The third-order valence-corrected chi connectivity index (χ3v) is 3.98. The average molecular weight is 350 g/mol. The molecule has 0 saturated heterocycles. The number of hydrogen-bond donors (Lipinski definition) is 1. The van der Waals surface area contributed by atoms with E-state index in [0.717, 1.165) is 11.1 Å². The van der Waals surface area contributed by atoms with E-state index in [9.17, 15) is 14.0 Å². The highest BCUT2D eigenvalue weighted by Gasteiger charge is 2.14. The van der Waals surface area contributed by atoms with Gasteiger partial charge in [0, 0.05) is 16.3 Å². The molecular formula is C18H17ClFNO3. The maximum atomic E-state index is 13.6. The molecule has 0 aliphatic rings. The van der Waals surface area contributed by atoms with Gasteiger partial charge in [-0.15, -0.1) is 0 Å². The van der Waals surface area contributed by atoms with Gasteiger partial charge in [0.15, 0.2) is 6.61 Å². The highest BCUT2D eigenvalue weighted by atomic mass is 35.5. The van der Waals surface area contributed by atoms with Crippen LogP contribution >= 0.6 is 11.6 Å². The first-order valence-electron chi connectivity index (χ1n) is 7.33. The Hall–Kier alpha value is -2.40. The molecule has 0 heterocycles. The number of benzene rings is 2. The monoisotopic (exact) mass is 349 g/mol. The number of hydrogen-bond acceptors (Lipinski definition) is 3. The molecule has 24 heavy (non-hydrogen) atoms. The lowest BCUT2D eigenvalue weighted by Gasteiger charge is -2.11. The molecule has 0 aromatic heterocycles. The van der Waals surface area contributed by atoms with E-state index < -0.39 is 24.3 Å². The maximum absolute atomic E-state index is 13.6. The van der Waals surface area contributed by atoms with Gasteiger partial charge in [0.1, 0.15) is 5.82 Å². The van der Waals surface area contributed by atoms with Gasteiger partial charge in [0.05, 0.1) is 6.42 Å². The summed E-state index contributed by atoms with van der Waals surface area (Å²) in [6.07, 6.45) is -0.331. The Kier molecular flexibility index (Phi) is 5.93. The quantitative estimate of drug-likeness (QED) is 0.835. The highest BCUT2D eigenvalue weighted by Crippen LogP contribution is 2.20. The number of nitrogens with one attached hydrogen (secondary N) is 1. The molecule has 4 nitrogen and oxygen atoms in total. The summed E-state index contributed by atoms with van der Waals surface area (Å²) in [5, 5.41) is 2.82. The second-order valence-corrected chi connectivity index (χ2v) is 5.74. The zero-order chi connectivity index (χ0) is 17.7. The number of carbonyl (C=O) groups excluding carboxylic acids is 2. The fourth-order valence-electron chi connectivity index (χ4n) is 2.12. The summed E-state index contributed by atoms with van der Waals surface area (Å²) in [6, 6.07) is 9.67. The minimum Gasteiger partial charge on any atom is -0.455 e. The molecule has 6 heteroatoms. The molecule has 1 N–H and O–H groups in total. The molecule has 0 aliphatic heterocycles. The largest absolute Gasteiger partial charge is 0.455 e. The number of rotatable bonds is 5. The number of aryl methyl sites for hydroxylation is 1. The highest BCUT2D eigenvalue weighted by molar-refractivity contribution is 6.31. The molecule has 0 aliphatic carbocycles. The number of carbonyl (C=O) groups is 2. The van der Waals surface area contributed by atoms with Crippen LogP contribution in [0, 0.1) is 19.7 Å². The van der Waals surface area contributed by atoms with E-state index in [2.05, 4.69) is 5.32 Å². The third-order valence-electron chi connectivity index (χ3n) is 3.63. The first kappa shape index (κ1) is 17.9. The lowest BCUT2D eigenvalue weighted by Crippen LogP contribution is -2.22. The molecule has 126 valence electrons. The van der Waals surface area contributed by atoms with Gasteiger partial charge in [-0.3, -0.25) is 9.59 Å². The first-order valence-corrected chi connectivity index (χ1v) is 7.71. The van der Waals surface area contributed by atoms with E-state index in [1.165, 1.54) is 18.2 Å². The standard InChI is InChI=1S/C18H17ClFNO3/c1-11-5-3-8-16(12(11)2)21-17(22)10-24-18(23)9-13-14(19)6-4-7-15(13)20/h3-8H,9-10H2,1-2H3,(H,21,22). The van der Waals surface area contributed by atoms with Crippen molar-refractivity contribution in [2.45, 2.75) is 20.3 Å². The molecule has 2 rings (SSSR count). The fourth-order valence-corrected chi connectivity index (χ4v) is 2.35. The van der Waals surface area contributed by atoms with Crippen LogP contribution in [0.1, 0.15) is 16.7 Å². The molecule has 0 unspecified atom stereocenters. The van der Waals surface area contributed by atoms with Crippen LogP contribution in [0.25, 0.3) is 0 Å². The van der Waals surface area contributed by atoms with E-state index in [-0.39, 0.29) is 17.0 Å². The van der Waals surface area contributed by atoms with Crippen molar-refractivity contribution in [1.29, 1.82) is 0 Å². The van der Waals surface area contributed by atoms with E-state index in [0.29, 0.717) is 5.69 Å². The molecular weight excluding hydrogens is 333 g/mol. The van der Waals surface area contributed by atoms with Crippen molar-refractivity contribution in [2.24, 2.45) is 0 Å². The Morgan fingerprint density at radius 2 is 1.88 bits per heavy atom. The smallest absolute Gasteiger partial charge is 0.310 e. The van der Waals surface area contributed by atoms with Crippen molar-refractivity contribution in [3.8, 4) is 0 Å². The molecule has 0 bridgehead atoms. The van der Waals surface area contributed by atoms with E-state index in [4.69, 9.17) is 16.3 Å². The Labute approximate surface area is 144 Å². The van der Waals surface area contributed by atoms with Gasteiger partial charge < -0.3 is 10.1 Å². The van der Waals surface area contributed by atoms with Crippen molar-refractivity contribution in [1.82, 2.24) is 0 Å². The van der Waals surface area contributed by atoms with Crippen LogP contribution in [-0.2, 0) is 20.7 Å². The molecule has 2 aromatic carbocycles. The van der Waals surface area contributed by atoms with Crippen LogP contribution in [0.2, 0.25) is 5.02 Å². The topological polar surface area (TPSA) is 55.4 Å². The van der Waals surface area contributed by atoms with Gasteiger partial charge in [-0.25, -0.2) is 4.39 Å². The lowest BCUT2D eigenvalue weighted by atomic mass is 10.1. The minimum atomic E-state index is -0.724. The van der Waals surface area contributed by atoms with Gasteiger partial charge in [-0.05, 0) is 43.2 Å². The van der Waals surface area contributed by atoms with Gasteiger partial charge in [0.2, 0.25) is 0 Å². The van der Waals surface area contributed by atoms with E-state index >= 15 is 0 Å². The maximum Gasteiger partial charge on any atom is 0.310 e. The Balaban J connectivity index is 1.90. The molecule has 0 radical (unpaired) electrons. The van der Waals surface area contributed by atoms with Crippen LogP contribution < -0.4 is 5.32 Å². The van der Waals surface area contributed by atoms with Crippen molar-refractivity contribution in [2.75, 3.05) is 11.9 Å². The summed E-state index contributed by atoms with van der Waals surface area (Å²) in [5.74, 6) is -1.77. The van der Waals surface area contributed by atoms with Crippen LogP contribution in [0.3, 0.4) is 0 Å². The van der Waals surface area contributed by atoms with Crippen molar-refractivity contribution >= 4 is 29.2 Å². The number of amides is 1. The Morgan fingerprint density at radius 1 is 1.17 bits per heavy atom. The number of ether oxygens (including phenoxy) is 1. The molecule has 0 saturated carbocycles. The lowest BCUT2D eigenvalue weighted by molar-refractivity contribution is -0.146. The second kappa shape index (κ2) is 7.93. The Morgan fingerprint density at radius 3 is 2.58 bits per heavy atom. The summed E-state index contributed by atoms with van der Waals surface area (Å²) in [7, 11) is 0. The summed E-state index contributed by atoms with van der Waals surface area (Å²) in [6.45, 7) is 3.37. The first-order chi connectivity index (χ1) is 11.4. The van der Waals surface area contributed by atoms with Crippen molar-refractivity contribution < 1.29 is 18.7 Å². The van der Waals surface area contributed by atoms with Crippen LogP contribution in [-0.4, -0.2) is 18.5 Å². The van der Waals surface area contributed by atoms with E-state index in [1.54, 1.807) is 6.07 Å².